The average Bonchev–Trinajstić information content (AvgIpc) is 2.75. The van der Waals surface area contributed by atoms with Crippen LogP contribution in [0.2, 0.25) is 0 Å². The summed E-state index contributed by atoms with van der Waals surface area (Å²) >= 11 is 4.94. The molecule has 0 radical (unpaired) electrons. The minimum Gasteiger partial charge on any atom is -0.508 e. The van der Waals surface area contributed by atoms with E-state index in [0.29, 0.717) is 12.2 Å². The molecular weight excluding hydrogens is 316 g/mol. The standard InChI is InChI=1S/C12H11BrN2O2S/c13-9-3-4-18-11(9)6-15-12(17)8-5-7(16)1-2-10(8)14/h1-5,16H,6,14H2,(H,15,17). The fraction of sp³-hybridized carbons (Fsp3) is 0.0833. The number of amides is 1. The Labute approximate surface area is 117 Å². The van der Waals surface area contributed by atoms with Crippen LogP contribution in [-0.4, -0.2) is 11.0 Å². The zero-order valence-electron chi connectivity index (χ0n) is 9.31. The van der Waals surface area contributed by atoms with Crippen molar-refractivity contribution in [3.05, 3.63) is 44.6 Å². The lowest BCUT2D eigenvalue weighted by Gasteiger charge is -2.07. The summed E-state index contributed by atoms with van der Waals surface area (Å²) in [4.78, 5) is 12.9. The third kappa shape index (κ3) is 2.83. The SMILES string of the molecule is Nc1ccc(O)cc1C(=O)NCc1sccc1Br. The molecule has 1 aromatic heterocycles. The number of nitrogen functional groups attached to an aromatic ring is 1. The molecule has 0 atom stereocenters. The molecule has 1 amide bonds. The van der Waals surface area contributed by atoms with Crippen molar-refractivity contribution < 1.29 is 9.90 Å². The van der Waals surface area contributed by atoms with E-state index in [9.17, 15) is 9.90 Å². The lowest BCUT2D eigenvalue weighted by molar-refractivity contribution is 0.0952. The molecule has 1 heterocycles. The van der Waals surface area contributed by atoms with Gasteiger partial charge in [0.25, 0.3) is 5.91 Å². The van der Waals surface area contributed by atoms with E-state index in [1.807, 2.05) is 11.4 Å². The van der Waals surface area contributed by atoms with E-state index in [1.54, 1.807) is 11.3 Å². The highest BCUT2D eigenvalue weighted by Gasteiger charge is 2.11. The number of anilines is 1. The molecule has 0 aliphatic carbocycles. The quantitative estimate of drug-likeness (QED) is 0.599. The van der Waals surface area contributed by atoms with Crippen LogP contribution in [0.3, 0.4) is 0 Å². The van der Waals surface area contributed by atoms with Crippen molar-refractivity contribution in [2.24, 2.45) is 0 Å². The summed E-state index contributed by atoms with van der Waals surface area (Å²) in [6, 6.07) is 6.23. The monoisotopic (exact) mass is 326 g/mol. The van der Waals surface area contributed by atoms with Gasteiger partial charge in [0, 0.05) is 15.0 Å². The van der Waals surface area contributed by atoms with E-state index in [1.165, 1.54) is 18.2 Å². The first-order chi connectivity index (χ1) is 8.58. The molecule has 18 heavy (non-hydrogen) atoms. The predicted octanol–water partition coefficient (Wildman–Crippen LogP) is 2.73. The van der Waals surface area contributed by atoms with Crippen LogP contribution in [0.1, 0.15) is 15.2 Å². The maximum Gasteiger partial charge on any atom is 0.253 e. The third-order valence-corrected chi connectivity index (χ3v) is 4.31. The Hall–Kier alpha value is -1.53. The van der Waals surface area contributed by atoms with Crippen molar-refractivity contribution >= 4 is 38.9 Å². The zero-order valence-corrected chi connectivity index (χ0v) is 11.7. The van der Waals surface area contributed by atoms with Crippen molar-refractivity contribution in [1.29, 1.82) is 0 Å². The van der Waals surface area contributed by atoms with Crippen LogP contribution in [-0.2, 0) is 6.54 Å². The van der Waals surface area contributed by atoms with E-state index < -0.39 is 0 Å². The Balaban J connectivity index is 2.08. The van der Waals surface area contributed by atoms with Crippen molar-refractivity contribution in [1.82, 2.24) is 5.32 Å². The summed E-state index contributed by atoms with van der Waals surface area (Å²) in [5, 5.41) is 14.0. The van der Waals surface area contributed by atoms with Crippen molar-refractivity contribution in [3.8, 4) is 5.75 Å². The van der Waals surface area contributed by atoms with Gasteiger partial charge in [-0.2, -0.15) is 0 Å². The molecule has 0 saturated heterocycles. The number of benzene rings is 1. The minimum absolute atomic E-state index is 0.0201. The van der Waals surface area contributed by atoms with Crippen LogP contribution in [0.4, 0.5) is 5.69 Å². The van der Waals surface area contributed by atoms with E-state index in [-0.39, 0.29) is 17.2 Å². The van der Waals surface area contributed by atoms with Crippen LogP contribution < -0.4 is 11.1 Å². The molecule has 0 bridgehead atoms. The highest BCUT2D eigenvalue weighted by atomic mass is 79.9. The third-order valence-electron chi connectivity index (χ3n) is 2.38. The van der Waals surface area contributed by atoms with Crippen molar-refractivity contribution in [2.75, 3.05) is 5.73 Å². The molecule has 0 aliphatic rings. The molecule has 1 aromatic carbocycles. The summed E-state index contributed by atoms with van der Waals surface area (Å²) in [5.41, 5.74) is 6.31. The van der Waals surface area contributed by atoms with Gasteiger partial charge in [0.15, 0.2) is 0 Å². The van der Waals surface area contributed by atoms with Crippen LogP contribution in [0, 0.1) is 0 Å². The lowest BCUT2D eigenvalue weighted by Crippen LogP contribution is -2.23. The number of nitrogens with one attached hydrogen (secondary N) is 1. The van der Waals surface area contributed by atoms with Crippen LogP contribution >= 0.6 is 27.3 Å². The Morgan fingerprint density at radius 1 is 1.44 bits per heavy atom. The second kappa shape index (κ2) is 5.41. The topological polar surface area (TPSA) is 75.3 Å². The maximum atomic E-state index is 11.9. The second-order valence-corrected chi connectivity index (χ2v) is 5.50. The van der Waals surface area contributed by atoms with Gasteiger partial charge >= 0.3 is 0 Å². The second-order valence-electron chi connectivity index (χ2n) is 3.65. The van der Waals surface area contributed by atoms with Crippen LogP contribution in [0.25, 0.3) is 0 Å². The Morgan fingerprint density at radius 2 is 2.22 bits per heavy atom. The fourth-order valence-corrected chi connectivity index (χ4v) is 2.88. The normalized spacial score (nSPS) is 10.3. The largest absolute Gasteiger partial charge is 0.508 e. The van der Waals surface area contributed by atoms with Gasteiger partial charge in [0.2, 0.25) is 0 Å². The van der Waals surface area contributed by atoms with Crippen molar-refractivity contribution in [2.45, 2.75) is 6.54 Å². The van der Waals surface area contributed by atoms with Gasteiger partial charge in [-0.25, -0.2) is 0 Å². The number of carbonyl (C=O) groups excluding carboxylic acids is 1. The highest BCUT2D eigenvalue weighted by molar-refractivity contribution is 9.10. The van der Waals surface area contributed by atoms with Gasteiger partial charge in [0.05, 0.1) is 12.1 Å². The number of aromatic hydroxyl groups is 1. The molecule has 6 heteroatoms. The number of halogens is 1. The van der Waals surface area contributed by atoms with Gasteiger partial charge in [0.1, 0.15) is 5.75 Å². The van der Waals surface area contributed by atoms with E-state index in [0.717, 1.165) is 9.35 Å². The number of hydrogen-bond donors (Lipinski definition) is 3. The summed E-state index contributed by atoms with van der Waals surface area (Å²) < 4.78 is 0.969. The Kier molecular flexibility index (Phi) is 3.88. The number of hydrogen-bond acceptors (Lipinski definition) is 4. The first kappa shape index (κ1) is 12.9. The van der Waals surface area contributed by atoms with Gasteiger partial charge in [-0.05, 0) is 45.6 Å². The van der Waals surface area contributed by atoms with Crippen LogP contribution in [0.15, 0.2) is 34.1 Å². The van der Waals surface area contributed by atoms with Crippen LogP contribution in [0.5, 0.6) is 5.75 Å². The summed E-state index contributed by atoms with van der Waals surface area (Å²) in [6.07, 6.45) is 0. The molecule has 2 rings (SSSR count). The fourth-order valence-electron chi connectivity index (χ4n) is 1.45. The van der Waals surface area contributed by atoms with Crippen molar-refractivity contribution in [3.63, 3.8) is 0 Å². The number of phenolic OH excluding ortho intramolecular Hbond substituents is 1. The smallest absolute Gasteiger partial charge is 0.253 e. The molecule has 4 N–H and O–H groups in total. The average molecular weight is 327 g/mol. The molecule has 0 fully saturated rings. The Bertz CT molecular complexity index is 583. The highest BCUT2D eigenvalue weighted by Crippen LogP contribution is 2.23. The van der Waals surface area contributed by atoms with Gasteiger partial charge < -0.3 is 16.2 Å². The van der Waals surface area contributed by atoms with Gasteiger partial charge in [-0.15, -0.1) is 11.3 Å². The van der Waals surface area contributed by atoms with Gasteiger partial charge in [-0.3, -0.25) is 4.79 Å². The number of nitrogens with two attached hydrogens (primary N) is 1. The number of thiophene rings is 1. The minimum atomic E-state index is -0.302. The summed E-state index contributed by atoms with van der Waals surface area (Å²) in [6.45, 7) is 0.423. The molecule has 0 spiro atoms. The zero-order chi connectivity index (χ0) is 13.1. The molecule has 0 unspecified atom stereocenters. The number of carbonyl (C=O) groups is 1. The molecular formula is C12H11BrN2O2S. The molecule has 0 aliphatic heterocycles. The summed E-state index contributed by atoms with van der Waals surface area (Å²) in [7, 11) is 0. The van der Waals surface area contributed by atoms with E-state index in [2.05, 4.69) is 21.2 Å². The predicted molar refractivity (Wildman–Crippen MR) is 75.7 cm³/mol. The number of phenols is 1. The summed E-state index contributed by atoms with van der Waals surface area (Å²) in [5.74, 6) is -0.282. The number of rotatable bonds is 3. The molecule has 94 valence electrons. The molecule has 0 saturated carbocycles. The molecule has 2 aromatic rings. The van der Waals surface area contributed by atoms with E-state index in [4.69, 9.17) is 5.73 Å². The maximum absolute atomic E-state index is 11.9. The molecule has 4 nitrogen and oxygen atoms in total. The lowest BCUT2D eigenvalue weighted by atomic mass is 10.1. The van der Waals surface area contributed by atoms with E-state index >= 15 is 0 Å². The first-order valence-electron chi connectivity index (χ1n) is 5.16. The Morgan fingerprint density at radius 3 is 2.89 bits per heavy atom. The first-order valence-corrected chi connectivity index (χ1v) is 6.84. The van der Waals surface area contributed by atoms with Gasteiger partial charge in [-0.1, -0.05) is 0 Å².